The van der Waals surface area contributed by atoms with E-state index in [0.29, 0.717) is 23.5 Å². The number of hydrogen-bond acceptors (Lipinski definition) is 4. The fourth-order valence-corrected chi connectivity index (χ4v) is 3.19. The third kappa shape index (κ3) is 2.82. The van der Waals surface area contributed by atoms with Crippen molar-refractivity contribution in [3.8, 4) is 0 Å². The highest BCUT2D eigenvalue weighted by molar-refractivity contribution is 5.95. The maximum atomic E-state index is 12.7. The Morgan fingerprint density at radius 2 is 2.00 bits per heavy atom. The van der Waals surface area contributed by atoms with E-state index in [2.05, 4.69) is 4.98 Å². The molecule has 0 unspecified atom stereocenters. The number of hydrogen-bond donors (Lipinski definition) is 2. The monoisotopic (exact) mass is 351 g/mol. The number of nitrogens with zero attached hydrogens (tertiary/aromatic N) is 2. The predicted octanol–water partition coefficient (Wildman–Crippen LogP) is 3.47. The summed E-state index contributed by atoms with van der Waals surface area (Å²) >= 11 is 0. The summed E-state index contributed by atoms with van der Waals surface area (Å²) in [7, 11) is 0. The SMILES string of the molecule is CC1(C)c2cccc(C(=O)NO)c2CN1c1ccc(C(F)(F)F)cn1. The van der Waals surface area contributed by atoms with Crippen LogP contribution in [0.15, 0.2) is 36.5 Å². The van der Waals surface area contributed by atoms with E-state index in [4.69, 9.17) is 5.21 Å². The van der Waals surface area contributed by atoms with Crippen LogP contribution in [0.3, 0.4) is 0 Å². The second-order valence-corrected chi connectivity index (χ2v) is 6.32. The Labute approximate surface area is 142 Å². The van der Waals surface area contributed by atoms with Gasteiger partial charge >= 0.3 is 6.18 Å². The van der Waals surface area contributed by atoms with Crippen LogP contribution in [0.2, 0.25) is 0 Å². The Bertz CT molecular complexity index is 817. The minimum Gasteiger partial charge on any atom is -0.343 e. The van der Waals surface area contributed by atoms with E-state index in [-0.39, 0.29) is 0 Å². The first-order chi connectivity index (χ1) is 11.7. The zero-order chi connectivity index (χ0) is 18.4. The van der Waals surface area contributed by atoms with Crippen LogP contribution in [-0.2, 0) is 18.3 Å². The van der Waals surface area contributed by atoms with Crippen molar-refractivity contribution in [3.05, 3.63) is 58.8 Å². The smallest absolute Gasteiger partial charge is 0.343 e. The maximum Gasteiger partial charge on any atom is 0.417 e. The number of aromatic nitrogens is 1. The molecule has 0 bridgehead atoms. The molecule has 0 atom stereocenters. The van der Waals surface area contributed by atoms with Crippen LogP contribution in [0.5, 0.6) is 0 Å². The van der Waals surface area contributed by atoms with Crippen molar-refractivity contribution >= 4 is 11.7 Å². The largest absolute Gasteiger partial charge is 0.417 e. The van der Waals surface area contributed by atoms with E-state index in [9.17, 15) is 18.0 Å². The van der Waals surface area contributed by atoms with Crippen molar-refractivity contribution in [1.29, 1.82) is 0 Å². The molecule has 25 heavy (non-hydrogen) atoms. The van der Waals surface area contributed by atoms with E-state index in [1.807, 2.05) is 24.8 Å². The van der Waals surface area contributed by atoms with Crippen LogP contribution in [0.25, 0.3) is 0 Å². The van der Waals surface area contributed by atoms with E-state index < -0.39 is 23.2 Å². The van der Waals surface area contributed by atoms with Crippen molar-refractivity contribution in [2.75, 3.05) is 4.90 Å². The van der Waals surface area contributed by atoms with Gasteiger partial charge in [-0.3, -0.25) is 10.0 Å². The molecule has 2 N–H and O–H groups in total. The number of pyridine rings is 1. The Morgan fingerprint density at radius 3 is 2.56 bits per heavy atom. The van der Waals surface area contributed by atoms with Gasteiger partial charge < -0.3 is 4.90 Å². The van der Waals surface area contributed by atoms with E-state index in [0.717, 1.165) is 17.8 Å². The van der Waals surface area contributed by atoms with Gasteiger partial charge in [-0.25, -0.2) is 10.5 Å². The van der Waals surface area contributed by atoms with Gasteiger partial charge in [0.05, 0.1) is 11.1 Å². The Hall–Kier alpha value is -2.61. The minimum absolute atomic E-state index is 0.296. The molecule has 1 aliphatic rings. The highest BCUT2D eigenvalue weighted by Crippen LogP contribution is 2.42. The summed E-state index contributed by atoms with van der Waals surface area (Å²) in [5, 5.41) is 8.91. The zero-order valence-electron chi connectivity index (χ0n) is 13.6. The Balaban J connectivity index is 2.01. The topological polar surface area (TPSA) is 65.5 Å². The summed E-state index contributed by atoms with van der Waals surface area (Å²) in [4.78, 5) is 17.6. The molecule has 0 radical (unpaired) electrons. The summed E-state index contributed by atoms with van der Waals surface area (Å²) < 4.78 is 38.2. The number of rotatable bonds is 2. The normalized spacial score (nSPS) is 15.8. The molecule has 0 aliphatic carbocycles. The molecule has 3 rings (SSSR count). The molecule has 1 aromatic heterocycles. The lowest BCUT2D eigenvalue weighted by Crippen LogP contribution is -2.35. The number of carbonyl (C=O) groups excluding carboxylic acids is 1. The number of alkyl halides is 3. The molecule has 1 aromatic carbocycles. The molecule has 2 heterocycles. The Kier molecular flexibility index (Phi) is 3.95. The van der Waals surface area contributed by atoms with Gasteiger partial charge in [-0.1, -0.05) is 12.1 Å². The number of anilines is 1. The van der Waals surface area contributed by atoms with Crippen LogP contribution in [0.1, 0.15) is 40.9 Å². The second-order valence-electron chi connectivity index (χ2n) is 6.32. The highest BCUT2D eigenvalue weighted by atomic mass is 19.4. The van der Waals surface area contributed by atoms with Crippen molar-refractivity contribution in [3.63, 3.8) is 0 Å². The van der Waals surface area contributed by atoms with Crippen LogP contribution in [-0.4, -0.2) is 16.1 Å². The first-order valence-corrected chi connectivity index (χ1v) is 7.54. The average molecular weight is 351 g/mol. The highest BCUT2D eigenvalue weighted by Gasteiger charge is 2.40. The summed E-state index contributed by atoms with van der Waals surface area (Å²) in [6.45, 7) is 4.10. The van der Waals surface area contributed by atoms with E-state index >= 15 is 0 Å². The molecule has 0 saturated heterocycles. The molecular weight excluding hydrogens is 335 g/mol. The second kappa shape index (κ2) is 5.73. The lowest BCUT2D eigenvalue weighted by molar-refractivity contribution is -0.137. The standard InChI is InChI=1S/C17H16F3N3O2/c1-16(2)13-5-3-4-11(15(24)22-25)12(13)9-23(16)14-7-6-10(8-21-14)17(18,19)20/h3-8,25H,9H2,1-2H3,(H,22,24). The molecule has 0 spiro atoms. The van der Waals surface area contributed by atoms with Crippen molar-refractivity contribution < 1.29 is 23.2 Å². The van der Waals surface area contributed by atoms with Gasteiger partial charge in [-0.15, -0.1) is 0 Å². The molecule has 1 aliphatic heterocycles. The average Bonchev–Trinajstić information content (AvgIpc) is 2.85. The zero-order valence-corrected chi connectivity index (χ0v) is 13.6. The summed E-state index contributed by atoms with van der Waals surface area (Å²) in [5.74, 6) is -0.251. The maximum absolute atomic E-state index is 12.7. The molecule has 0 fully saturated rings. The van der Waals surface area contributed by atoms with Crippen molar-refractivity contribution in [1.82, 2.24) is 10.5 Å². The van der Waals surface area contributed by atoms with Crippen LogP contribution >= 0.6 is 0 Å². The number of benzene rings is 1. The van der Waals surface area contributed by atoms with Gasteiger partial charge in [-0.2, -0.15) is 13.2 Å². The summed E-state index contributed by atoms with van der Waals surface area (Å²) in [6, 6.07) is 7.46. The first-order valence-electron chi connectivity index (χ1n) is 7.54. The van der Waals surface area contributed by atoms with E-state index in [1.54, 1.807) is 17.6 Å². The third-order valence-electron chi connectivity index (χ3n) is 4.52. The molecule has 8 heteroatoms. The van der Waals surface area contributed by atoms with Crippen molar-refractivity contribution in [2.24, 2.45) is 0 Å². The lowest BCUT2D eigenvalue weighted by atomic mass is 9.91. The van der Waals surface area contributed by atoms with Gasteiger partial charge in [0.1, 0.15) is 5.82 Å². The number of hydroxylamine groups is 1. The van der Waals surface area contributed by atoms with Gasteiger partial charge in [0.25, 0.3) is 5.91 Å². The van der Waals surface area contributed by atoms with Gasteiger partial charge in [0.2, 0.25) is 0 Å². The number of fused-ring (bicyclic) bond motifs is 1. The van der Waals surface area contributed by atoms with E-state index in [1.165, 1.54) is 6.07 Å². The molecule has 132 valence electrons. The summed E-state index contributed by atoms with van der Waals surface area (Å²) in [6.07, 6.45) is -3.64. The number of halogens is 3. The van der Waals surface area contributed by atoms with Gasteiger partial charge in [0.15, 0.2) is 0 Å². The van der Waals surface area contributed by atoms with Crippen LogP contribution < -0.4 is 10.4 Å². The van der Waals surface area contributed by atoms with Gasteiger partial charge in [-0.05, 0) is 43.2 Å². The minimum atomic E-state index is -4.44. The first kappa shape index (κ1) is 17.2. The molecule has 5 nitrogen and oxygen atoms in total. The van der Waals surface area contributed by atoms with Crippen molar-refractivity contribution in [2.45, 2.75) is 32.1 Å². The van der Waals surface area contributed by atoms with Crippen LogP contribution in [0, 0.1) is 0 Å². The molecule has 2 aromatic rings. The fourth-order valence-electron chi connectivity index (χ4n) is 3.19. The van der Waals surface area contributed by atoms with Crippen LogP contribution in [0.4, 0.5) is 19.0 Å². The quantitative estimate of drug-likeness (QED) is 0.642. The Morgan fingerprint density at radius 1 is 1.28 bits per heavy atom. The molecular formula is C17H16F3N3O2. The number of nitrogens with one attached hydrogen (secondary N) is 1. The lowest BCUT2D eigenvalue weighted by Gasteiger charge is -2.33. The number of carbonyl (C=O) groups is 1. The number of amides is 1. The predicted molar refractivity (Wildman–Crippen MR) is 84.1 cm³/mol. The third-order valence-corrected chi connectivity index (χ3v) is 4.52. The van der Waals surface area contributed by atoms with Gasteiger partial charge in [0, 0.05) is 18.3 Å². The molecule has 0 saturated carbocycles. The molecule has 1 amide bonds. The summed E-state index contributed by atoms with van der Waals surface area (Å²) in [5.41, 5.74) is 2.12. The fraction of sp³-hybridized carbons (Fsp3) is 0.294.